The zero-order chi connectivity index (χ0) is 17.7. The highest BCUT2D eigenvalue weighted by molar-refractivity contribution is 5.54. The summed E-state index contributed by atoms with van der Waals surface area (Å²) in [7, 11) is 0. The third-order valence-electron chi connectivity index (χ3n) is 4.14. The van der Waals surface area contributed by atoms with Gasteiger partial charge in [-0.3, -0.25) is 0 Å². The van der Waals surface area contributed by atoms with Crippen molar-refractivity contribution in [2.75, 3.05) is 0 Å². The number of rotatable bonds is 1. The predicted molar refractivity (Wildman–Crippen MR) is 45.9 cm³/mol. The van der Waals surface area contributed by atoms with E-state index in [1.54, 1.807) is 0 Å². The van der Waals surface area contributed by atoms with E-state index in [1.807, 2.05) is 0 Å². The predicted octanol–water partition coefficient (Wildman–Crippen LogP) is 4.76. The van der Waals surface area contributed by atoms with E-state index < -0.39 is 59.5 Å². The minimum Gasteiger partial charge on any atom is -0.232 e. The van der Waals surface area contributed by atoms with Crippen LogP contribution in [-0.4, -0.2) is 35.0 Å². The minimum atomic E-state index is -6.52. The molecular weight excluding hydrogens is 348 g/mol. The maximum absolute atomic E-state index is 14.2. The largest absolute Gasteiger partial charge is 0.394 e. The van der Waals surface area contributed by atoms with Gasteiger partial charge in [0.15, 0.2) is 11.7 Å². The van der Waals surface area contributed by atoms with Crippen molar-refractivity contribution in [2.24, 2.45) is 5.92 Å². The summed E-state index contributed by atoms with van der Waals surface area (Å²) in [6.07, 6.45) is -6.06. The summed E-state index contributed by atoms with van der Waals surface area (Å²) < 4.78 is 160. The molecule has 4 atom stereocenters. The van der Waals surface area contributed by atoms with Crippen molar-refractivity contribution in [3.05, 3.63) is 11.7 Å². The van der Waals surface area contributed by atoms with Crippen molar-refractivity contribution in [2.45, 2.75) is 42.0 Å². The molecule has 2 bridgehead atoms. The second-order valence-corrected chi connectivity index (χ2v) is 5.07. The van der Waals surface area contributed by atoms with Crippen LogP contribution in [0.2, 0.25) is 0 Å². The third kappa shape index (κ3) is 1.17. The van der Waals surface area contributed by atoms with Crippen LogP contribution < -0.4 is 0 Å². The highest BCUT2D eigenvalue weighted by atomic mass is 19.4. The van der Waals surface area contributed by atoms with Gasteiger partial charge in [0.05, 0.1) is 5.92 Å². The van der Waals surface area contributed by atoms with Crippen LogP contribution in [0.3, 0.4) is 0 Å². The Kier molecular flexibility index (Phi) is 2.89. The van der Waals surface area contributed by atoms with E-state index in [-0.39, 0.29) is 0 Å². The monoisotopic (exact) mass is 352 g/mol. The lowest BCUT2D eigenvalue weighted by Gasteiger charge is -2.42. The molecule has 1 saturated carbocycles. The molecule has 0 saturated heterocycles. The van der Waals surface area contributed by atoms with E-state index in [0.29, 0.717) is 0 Å². The summed E-state index contributed by atoms with van der Waals surface area (Å²) in [6.45, 7) is -0.499. The van der Waals surface area contributed by atoms with Crippen LogP contribution in [0.25, 0.3) is 0 Å². The molecule has 4 unspecified atom stereocenters. The van der Waals surface area contributed by atoms with Crippen LogP contribution in [-0.2, 0) is 0 Å². The highest BCUT2D eigenvalue weighted by Crippen LogP contribution is 2.79. The van der Waals surface area contributed by atoms with Gasteiger partial charge in [-0.15, -0.1) is 0 Å². The van der Waals surface area contributed by atoms with Gasteiger partial charge in [0.25, 0.3) is 11.3 Å². The molecule has 0 aromatic carbocycles. The van der Waals surface area contributed by atoms with E-state index in [0.717, 1.165) is 0 Å². The molecule has 0 aromatic heterocycles. The van der Waals surface area contributed by atoms with Crippen molar-refractivity contribution in [3.8, 4) is 0 Å². The first kappa shape index (κ1) is 17.3. The van der Waals surface area contributed by atoms with E-state index in [4.69, 9.17) is 0 Å². The van der Waals surface area contributed by atoms with E-state index in [2.05, 4.69) is 0 Å². The lowest BCUT2D eigenvalue weighted by Crippen LogP contribution is -2.66. The summed E-state index contributed by atoms with van der Waals surface area (Å²) in [6, 6.07) is 0. The van der Waals surface area contributed by atoms with Gasteiger partial charge in [0.2, 0.25) is 5.67 Å². The summed E-state index contributed by atoms with van der Waals surface area (Å²) in [4.78, 5) is 0. The van der Waals surface area contributed by atoms with Crippen LogP contribution in [0, 0.1) is 5.92 Å². The molecular formula is C10H4F12. The fraction of sp³-hybridized carbons (Fsp3) is 0.800. The van der Waals surface area contributed by atoms with Gasteiger partial charge in [-0.1, -0.05) is 6.92 Å². The molecule has 0 spiro atoms. The van der Waals surface area contributed by atoms with Gasteiger partial charge < -0.3 is 0 Å². The van der Waals surface area contributed by atoms with Crippen LogP contribution in [0.5, 0.6) is 0 Å². The number of hydrogen-bond donors (Lipinski definition) is 0. The van der Waals surface area contributed by atoms with Gasteiger partial charge in [-0.25, -0.2) is 22.0 Å². The molecule has 0 heterocycles. The Balaban J connectivity index is 2.91. The van der Waals surface area contributed by atoms with E-state index in [9.17, 15) is 52.7 Å². The lowest BCUT2D eigenvalue weighted by molar-refractivity contribution is -0.287. The summed E-state index contributed by atoms with van der Waals surface area (Å²) in [5.74, 6) is -24.5. The van der Waals surface area contributed by atoms with Gasteiger partial charge in [-0.05, 0) is 0 Å². The topological polar surface area (TPSA) is 0 Å². The lowest BCUT2D eigenvalue weighted by atomic mass is 9.73. The SMILES string of the molecule is CC(C(F)(F)F)C1(F)C(F)(F)C2(F)C(F)=C(F)C1(F)C2(F)F. The van der Waals surface area contributed by atoms with Crippen LogP contribution >= 0.6 is 0 Å². The second kappa shape index (κ2) is 3.69. The average molecular weight is 352 g/mol. The number of fused-ring (bicyclic) bond motifs is 2. The maximum Gasteiger partial charge on any atom is 0.394 e. The van der Waals surface area contributed by atoms with E-state index >= 15 is 0 Å². The van der Waals surface area contributed by atoms with Crippen molar-refractivity contribution in [1.29, 1.82) is 0 Å². The van der Waals surface area contributed by atoms with Crippen molar-refractivity contribution >= 4 is 0 Å². The van der Waals surface area contributed by atoms with E-state index in [1.165, 1.54) is 0 Å². The molecule has 1 fully saturated rings. The normalized spacial score (nSPS) is 44.6. The first-order valence-corrected chi connectivity index (χ1v) is 5.42. The Bertz CT molecular complexity index is 561. The third-order valence-corrected chi connectivity index (χ3v) is 4.14. The molecule has 0 nitrogen and oxygen atoms in total. The summed E-state index contributed by atoms with van der Waals surface area (Å²) >= 11 is 0. The van der Waals surface area contributed by atoms with Crippen molar-refractivity contribution in [3.63, 3.8) is 0 Å². The molecule has 2 rings (SSSR count). The first-order valence-electron chi connectivity index (χ1n) is 5.42. The fourth-order valence-corrected chi connectivity index (χ4v) is 2.80. The van der Waals surface area contributed by atoms with Gasteiger partial charge in [0, 0.05) is 0 Å². The molecule has 22 heavy (non-hydrogen) atoms. The Labute approximate surface area is 113 Å². The van der Waals surface area contributed by atoms with Gasteiger partial charge >= 0.3 is 18.0 Å². The Morgan fingerprint density at radius 1 is 0.727 bits per heavy atom. The molecule has 0 aliphatic heterocycles. The summed E-state index contributed by atoms with van der Waals surface area (Å²) in [5, 5.41) is 0. The molecule has 128 valence electrons. The quantitative estimate of drug-likeness (QED) is 0.597. The molecule has 2 aliphatic carbocycles. The Hall–Kier alpha value is -1.10. The zero-order valence-corrected chi connectivity index (χ0v) is 10.1. The number of halogens is 12. The van der Waals surface area contributed by atoms with Crippen molar-refractivity contribution < 1.29 is 52.7 Å². The smallest absolute Gasteiger partial charge is 0.232 e. The highest BCUT2D eigenvalue weighted by Gasteiger charge is 3.05. The van der Waals surface area contributed by atoms with Crippen LogP contribution in [0.4, 0.5) is 52.7 Å². The molecule has 0 aromatic rings. The maximum atomic E-state index is 14.2. The zero-order valence-electron chi connectivity index (χ0n) is 10.1. The van der Waals surface area contributed by atoms with Crippen molar-refractivity contribution in [1.82, 2.24) is 0 Å². The van der Waals surface area contributed by atoms with Crippen LogP contribution in [0.1, 0.15) is 6.92 Å². The second-order valence-electron chi connectivity index (χ2n) is 5.07. The molecule has 0 amide bonds. The molecule has 12 heteroatoms. The summed E-state index contributed by atoms with van der Waals surface area (Å²) in [5.41, 5.74) is -18.4. The van der Waals surface area contributed by atoms with Gasteiger partial charge in [0.1, 0.15) is 0 Å². The molecule has 2 aliphatic rings. The molecule has 0 N–H and O–H groups in total. The number of allylic oxidation sites excluding steroid dienone is 2. The van der Waals surface area contributed by atoms with Crippen LogP contribution in [0.15, 0.2) is 11.7 Å². The fourth-order valence-electron chi connectivity index (χ4n) is 2.80. The molecule has 0 radical (unpaired) electrons. The number of hydrogen-bond acceptors (Lipinski definition) is 0. The van der Waals surface area contributed by atoms with Gasteiger partial charge in [-0.2, -0.15) is 30.7 Å². The Morgan fingerprint density at radius 2 is 1.09 bits per heavy atom. The minimum absolute atomic E-state index is 0.499. The number of alkyl halides is 10. The standard InChI is InChI=1S/C10H4F12/c1-2(8(16,17)18)5(13)6(14)3(11)4(12)7(15,9(5,19)20)10(6,21)22/h2H,1H3. The average Bonchev–Trinajstić information content (AvgIpc) is 2.52. The Morgan fingerprint density at radius 3 is 1.41 bits per heavy atom. The first-order chi connectivity index (χ1) is 9.47.